The highest BCUT2D eigenvalue weighted by atomic mass is 32.2. The number of thioether (sulfide) groups is 1. The van der Waals surface area contributed by atoms with Crippen molar-refractivity contribution >= 4 is 34.3 Å². The number of hydrogen-bond donors (Lipinski definition) is 1. The molecule has 0 spiro atoms. The predicted octanol–water partition coefficient (Wildman–Crippen LogP) is 6.94. The number of ether oxygens (including phenoxy) is 1. The number of aromatic nitrogens is 1. The number of fused-ring (bicyclic) bond motifs is 1. The number of para-hydroxylation sites is 1. The van der Waals surface area contributed by atoms with E-state index in [-0.39, 0.29) is 17.4 Å². The molecule has 0 unspecified atom stereocenters. The Morgan fingerprint density at radius 1 is 1.03 bits per heavy atom. The highest BCUT2D eigenvalue weighted by Gasteiger charge is 2.31. The maximum atomic E-state index is 12.5. The van der Waals surface area contributed by atoms with Gasteiger partial charge in [0, 0.05) is 34.2 Å². The number of benzene rings is 3. The van der Waals surface area contributed by atoms with Crippen LogP contribution in [0.4, 0.5) is 18.9 Å². The van der Waals surface area contributed by atoms with Gasteiger partial charge >= 0.3 is 6.36 Å². The van der Waals surface area contributed by atoms with E-state index in [9.17, 15) is 18.0 Å². The zero-order chi connectivity index (χ0) is 24.3. The lowest BCUT2D eigenvalue weighted by atomic mass is 10.1. The molecule has 4 rings (SSSR count). The van der Waals surface area contributed by atoms with Crippen LogP contribution in [0.3, 0.4) is 0 Å². The summed E-state index contributed by atoms with van der Waals surface area (Å²) in [5, 5.41) is 3.78. The Kier molecular flexibility index (Phi) is 6.88. The molecule has 3 aromatic carbocycles. The van der Waals surface area contributed by atoms with Gasteiger partial charge in [0.15, 0.2) is 0 Å². The monoisotopic (exact) mass is 484 g/mol. The number of hydrogen-bond acceptors (Lipinski definition) is 3. The Balaban J connectivity index is 1.44. The van der Waals surface area contributed by atoms with E-state index in [1.165, 1.54) is 40.6 Å². The van der Waals surface area contributed by atoms with Gasteiger partial charge in [-0.3, -0.25) is 4.79 Å². The molecule has 34 heavy (non-hydrogen) atoms. The first kappa shape index (κ1) is 23.8. The summed E-state index contributed by atoms with van der Waals surface area (Å²) in [5.74, 6) is -0.421. The second-order valence-corrected chi connectivity index (χ2v) is 8.99. The minimum atomic E-state index is -4.75. The van der Waals surface area contributed by atoms with E-state index in [4.69, 9.17) is 0 Å². The molecule has 1 N–H and O–H groups in total. The molecular formula is C26H23F3N2O2S. The van der Waals surface area contributed by atoms with Crippen molar-refractivity contribution in [3.05, 3.63) is 89.6 Å². The Morgan fingerprint density at radius 3 is 2.50 bits per heavy atom. The first-order valence-electron chi connectivity index (χ1n) is 10.6. The van der Waals surface area contributed by atoms with Crippen LogP contribution in [0.1, 0.15) is 16.7 Å². The number of nitrogens with one attached hydrogen (secondary N) is 1. The molecule has 0 atom stereocenters. The smallest absolute Gasteiger partial charge is 0.406 e. The van der Waals surface area contributed by atoms with Crippen molar-refractivity contribution in [3.8, 4) is 5.75 Å². The van der Waals surface area contributed by atoms with Gasteiger partial charge in [-0.2, -0.15) is 0 Å². The van der Waals surface area contributed by atoms with E-state index in [0.29, 0.717) is 5.69 Å². The quantitative estimate of drug-likeness (QED) is 0.289. The molecule has 0 saturated carbocycles. The second kappa shape index (κ2) is 9.85. The predicted molar refractivity (Wildman–Crippen MR) is 129 cm³/mol. The van der Waals surface area contributed by atoms with Crippen LogP contribution in [0.5, 0.6) is 5.75 Å². The molecule has 0 saturated heterocycles. The van der Waals surface area contributed by atoms with Gasteiger partial charge in [-0.15, -0.1) is 24.9 Å². The number of aryl methyl sites for hydroxylation is 2. The maximum Gasteiger partial charge on any atom is 0.573 e. The minimum absolute atomic E-state index is 0.165. The first-order valence-corrected chi connectivity index (χ1v) is 11.6. The minimum Gasteiger partial charge on any atom is -0.406 e. The molecule has 0 aliphatic rings. The summed E-state index contributed by atoms with van der Waals surface area (Å²) in [7, 11) is 0. The fourth-order valence-corrected chi connectivity index (χ4v) is 4.58. The lowest BCUT2D eigenvalue weighted by molar-refractivity contribution is -0.274. The van der Waals surface area contributed by atoms with Crippen LogP contribution < -0.4 is 10.1 Å². The van der Waals surface area contributed by atoms with Crippen molar-refractivity contribution < 1.29 is 22.7 Å². The maximum absolute atomic E-state index is 12.5. The molecule has 0 fully saturated rings. The molecular weight excluding hydrogens is 461 g/mol. The molecule has 0 aliphatic carbocycles. The second-order valence-electron chi connectivity index (χ2n) is 7.98. The van der Waals surface area contributed by atoms with Gasteiger partial charge in [0.25, 0.3) is 0 Å². The molecule has 1 amide bonds. The number of anilines is 1. The zero-order valence-corrected chi connectivity index (χ0v) is 19.5. The summed E-state index contributed by atoms with van der Waals surface area (Å²) >= 11 is 1.42. The molecule has 0 aliphatic heterocycles. The van der Waals surface area contributed by atoms with Gasteiger partial charge in [-0.05, 0) is 55.3 Å². The van der Waals surface area contributed by atoms with Crippen LogP contribution in [0.25, 0.3) is 10.9 Å². The first-order chi connectivity index (χ1) is 16.2. The van der Waals surface area contributed by atoms with Gasteiger partial charge < -0.3 is 14.6 Å². The normalized spacial score (nSPS) is 11.6. The van der Waals surface area contributed by atoms with Crippen molar-refractivity contribution in [2.45, 2.75) is 31.7 Å². The van der Waals surface area contributed by atoms with E-state index in [1.807, 2.05) is 18.2 Å². The van der Waals surface area contributed by atoms with Crippen molar-refractivity contribution in [2.75, 3.05) is 11.1 Å². The lowest BCUT2D eigenvalue weighted by Crippen LogP contribution is -2.17. The topological polar surface area (TPSA) is 43.3 Å². The van der Waals surface area contributed by atoms with Crippen molar-refractivity contribution in [1.82, 2.24) is 4.57 Å². The number of carbonyl (C=O) groups is 1. The average molecular weight is 485 g/mol. The van der Waals surface area contributed by atoms with E-state index in [1.54, 1.807) is 0 Å². The number of carbonyl (C=O) groups excluding carboxylic acids is 1. The Bertz CT molecular complexity index is 1310. The molecule has 0 radical (unpaired) electrons. The molecule has 176 valence electrons. The van der Waals surface area contributed by atoms with Crippen LogP contribution >= 0.6 is 11.8 Å². The number of halogens is 3. The highest BCUT2D eigenvalue weighted by Crippen LogP contribution is 2.31. The number of nitrogens with zero attached hydrogens (tertiary/aromatic N) is 1. The standard InChI is InChI=1S/C26H23F3N2O2S/c1-17-7-8-18(2)19(13-17)14-31-15-24(22-5-3-4-6-23(22)31)34-16-25(32)30-20-9-11-21(12-10-20)33-26(27,28)29/h3-13,15H,14,16H2,1-2H3,(H,30,32). The Hall–Kier alpha value is -3.39. The zero-order valence-electron chi connectivity index (χ0n) is 18.6. The van der Waals surface area contributed by atoms with Crippen LogP contribution in [0.2, 0.25) is 0 Å². The SMILES string of the molecule is Cc1ccc(C)c(Cn2cc(SCC(=O)Nc3ccc(OC(F)(F)F)cc3)c3ccccc32)c1. The fourth-order valence-electron chi connectivity index (χ4n) is 3.69. The fraction of sp³-hybridized carbons (Fsp3) is 0.192. The van der Waals surface area contributed by atoms with Gasteiger partial charge in [-0.1, -0.05) is 42.0 Å². The molecule has 4 nitrogen and oxygen atoms in total. The Labute approximate surface area is 199 Å². The summed E-state index contributed by atoms with van der Waals surface area (Å²) < 4.78 is 42.9. The van der Waals surface area contributed by atoms with E-state index < -0.39 is 6.36 Å². The molecule has 0 bridgehead atoms. The van der Waals surface area contributed by atoms with E-state index in [0.717, 1.165) is 34.5 Å². The van der Waals surface area contributed by atoms with Gasteiger partial charge in [0.05, 0.1) is 5.75 Å². The van der Waals surface area contributed by atoms with Crippen molar-refractivity contribution in [1.29, 1.82) is 0 Å². The largest absolute Gasteiger partial charge is 0.573 e. The number of rotatable bonds is 7. The molecule has 4 aromatic rings. The van der Waals surface area contributed by atoms with Gasteiger partial charge in [0.1, 0.15) is 5.75 Å². The highest BCUT2D eigenvalue weighted by molar-refractivity contribution is 8.00. The van der Waals surface area contributed by atoms with Gasteiger partial charge in [0.2, 0.25) is 5.91 Å². The van der Waals surface area contributed by atoms with E-state index in [2.05, 4.69) is 58.9 Å². The summed E-state index contributed by atoms with van der Waals surface area (Å²) in [5.41, 5.74) is 5.17. The molecule has 1 heterocycles. The van der Waals surface area contributed by atoms with Gasteiger partial charge in [-0.25, -0.2) is 0 Å². The summed E-state index contributed by atoms with van der Waals surface area (Å²) in [6.07, 6.45) is -2.69. The van der Waals surface area contributed by atoms with E-state index >= 15 is 0 Å². The third kappa shape index (κ3) is 5.94. The third-order valence-electron chi connectivity index (χ3n) is 5.33. The number of alkyl halides is 3. The molecule has 1 aromatic heterocycles. The van der Waals surface area contributed by atoms with Crippen LogP contribution in [0.15, 0.2) is 77.8 Å². The summed E-state index contributed by atoms with van der Waals surface area (Å²) in [4.78, 5) is 13.5. The van der Waals surface area contributed by atoms with Crippen molar-refractivity contribution in [3.63, 3.8) is 0 Å². The summed E-state index contributed by atoms with van der Waals surface area (Å²) in [6, 6.07) is 19.6. The van der Waals surface area contributed by atoms with Crippen LogP contribution in [-0.4, -0.2) is 22.6 Å². The Morgan fingerprint density at radius 2 is 1.76 bits per heavy atom. The summed E-state index contributed by atoms with van der Waals surface area (Å²) in [6.45, 7) is 4.91. The number of amides is 1. The van der Waals surface area contributed by atoms with Crippen molar-refractivity contribution in [2.24, 2.45) is 0 Å². The average Bonchev–Trinajstić information content (AvgIpc) is 3.13. The third-order valence-corrected chi connectivity index (χ3v) is 6.37. The lowest BCUT2D eigenvalue weighted by Gasteiger charge is -2.10. The molecule has 8 heteroatoms. The van der Waals surface area contributed by atoms with Crippen LogP contribution in [0, 0.1) is 13.8 Å². The van der Waals surface area contributed by atoms with Crippen LogP contribution in [-0.2, 0) is 11.3 Å².